The minimum atomic E-state index is -0.242. The van der Waals surface area contributed by atoms with Crippen LogP contribution in [0.5, 0.6) is 0 Å². The molecule has 1 saturated carbocycles. The fourth-order valence-electron chi connectivity index (χ4n) is 4.63. The van der Waals surface area contributed by atoms with Crippen molar-refractivity contribution in [3.05, 3.63) is 56.5 Å². The summed E-state index contributed by atoms with van der Waals surface area (Å²) >= 11 is 1.80. The van der Waals surface area contributed by atoms with Crippen LogP contribution >= 0.6 is 11.3 Å². The Morgan fingerprint density at radius 2 is 1.96 bits per heavy atom. The number of aryl methyl sites for hydroxylation is 1. The van der Waals surface area contributed by atoms with E-state index in [0.717, 1.165) is 31.2 Å². The number of halogens is 1. The Balaban J connectivity index is 1.71. The molecule has 0 saturated heterocycles. The van der Waals surface area contributed by atoms with Crippen molar-refractivity contribution < 1.29 is 9.18 Å². The molecule has 1 atom stereocenters. The summed E-state index contributed by atoms with van der Waals surface area (Å²) in [5.41, 5.74) is 3.82. The molecule has 1 aromatic carbocycles. The third kappa shape index (κ3) is 3.49. The summed E-state index contributed by atoms with van der Waals surface area (Å²) in [6.07, 6.45) is 6.45. The monoisotopic (exact) mass is 386 g/mol. The zero-order valence-electron chi connectivity index (χ0n) is 16.1. The van der Waals surface area contributed by atoms with E-state index in [9.17, 15) is 9.18 Å². The van der Waals surface area contributed by atoms with Gasteiger partial charge in [0.1, 0.15) is 5.82 Å². The van der Waals surface area contributed by atoms with Gasteiger partial charge in [-0.15, -0.1) is 11.3 Å². The molecule has 0 bridgehead atoms. The van der Waals surface area contributed by atoms with E-state index in [1.54, 1.807) is 11.3 Å². The van der Waals surface area contributed by atoms with Gasteiger partial charge in [-0.1, -0.05) is 31.9 Å². The Kier molecular flexibility index (Phi) is 5.22. The van der Waals surface area contributed by atoms with E-state index >= 15 is 0 Å². The largest absolute Gasteiger partial charge is 0.335 e. The second-order valence-corrected chi connectivity index (χ2v) is 8.92. The fourth-order valence-corrected chi connectivity index (χ4v) is 6.08. The third-order valence-electron chi connectivity index (χ3n) is 6.00. The molecule has 1 aromatic heterocycles. The smallest absolute Gasteiger partial charge is 0.318 e. The maximum absolute atomic E-state index is 13.5. The van der Waals surface area contributed by atoms with E-state index in [1.165, 1.54) is 45.9 Å². The van der Waals surface area contributed by atoms with Crippen LogP contribution in [0.15, 0.2) is 24.3 Å². The Labute approximate surface area is 164 Å². The molecule has 27 heavy (non-hydrogen) atoms. The molecule has 1 N–H and O–H groups in total. The highest BCUT2D eigenvalue weighted by Gasteiger charge is 2.36. The van der Waals surface area contributed by atoms with Gasteiger partial charge in [0.25, 0.3) is 0 Å². The molecule has 1 fully saturated rings. The molecule has 1 unspecified atom stereocenters. The number of thiophene rings is 1. The van der Waals surface area contributed by atoms with Gasteiger partial charge in [-0.3, -0.25) is 0 Å². The first-order valence-electron chi connectivity index (χ1n) is 10.0. The first-order valence-corrected chi connectivity index (χ1v) is 10.8. The average molecular weight is 387 g/mol. The fraction of sp³-hybridized carbons (Fsp3) is 0.500. The van der Waals surface area contributed by atoms with Gasteiger partial charge in [0, 0.05) is 22.3 Å². The summed E-state index contributed by atoms with van der Waals surface area (Å²) in [4.78, 5) is 17.7. The average Bonchev–Trinajstić information content (AvgIpc) is 3.28. The van der Waals surface area contributed by atoms with Crippen molar-refractivity contribution in [3.63, 3.8) is 0 Å². The minimum absolute atomic E-state index is 0.0194. The van der Waals surface area contributed by atoms with Crippen molar-refractivity contribution in [2.75, 3.05) is 6.54 Å². The number of rotatable bonds is 3. The van der Waals surface area contributed by atoms with Gasteiger partial charge in [0.05, 0.1) is 6.04 Å². The highest BCUT2D eigenvalue weighted by atomic mass is 32.1. The summed E-state index contributed by atoms with van der Waals surface area (Å²) in [7, 11) is 0. The number of carbonyl (C=O) groups excluding carboxylic acids is 1. The number of amides is 2. The van der Waals surface area contributed by atoms with E-state index < -0.39 is 0 Å². The van der Waals surface area contributed by atoms with Crippen molar-refractivity contribution in [2.45, 2.75) is 64.5 Å². The molecule has 144 valence electrons. The predicted octanol–water partition coefficient (Wildman–Crippen LogP) is 5.36. The molecule has 2 heterocycles. The SMILES string of the molecule is CCc1c(C)sc2c1CCN(C(=O)NC1CCCC1)C2c1ccc(F)cc1. The maximum atomic E-state index is 13.5. The highest BCUT2D eigenvalue weighted by molar-refractivity contribution is 7.12. The maximum Gasteiger partial charge on any atom is 0.318 e. The van der Waals surface area contributed by atoms with Crippen LogP contribution in [-0.4, -0.2) is 23.5 Å². The van der Waals surface area contributed by atoms with Crippen LogP contribution in [-0.2, 0) is 12.8 Å². The normalized spacial score (nSPS) is 20.0. The molecular weight excluding hydrogens is 359 g/mol. The standard InChI is InChI=1S/C22H27FN2OS/c1-3-18-14(2)27-21-19(18)12-13-25(22(26)24-17-6-4-5-7-17)20(21)15-8-10-16(23)11-9-15/h8-11,17,20H,3-7,12-13H2,1-2H3,(H,24,26). The summed E-state index contributed by atoms with van der Waals surface area (Å²) < 4.78 is 13.5. The number of nitrogens with one attached hydrogen (secondary N) is 1. The van der Waals surface area contributed by atoms with Crippen molar-refractivity contribution >= 4 is 17.4 Å². The Morgan fingerprint density at radius 1 is 1.26 bits per heavy atom. The number of carbonyl (C=O) groups is 1. The van der Waals surface area contributed by atoms with Gasteiger partial charge >= 0.3 is 6.03 Å². The topological polar surface area (TPSA) is 32.3 Å². The molecule has 1 aliphatic carbocycles. The highest BCUT2D eigenvalue weighted by Crippen LogP contribution is 2.43. The quantitative estimate of drug-likeness (QED) is 0.757. The molecule has 4 rings (SSSR count). The number of urea groups is 1. The number of hydrogen-bond donors (Lipinski definition) is 1. The van der Waals surface area contributed by atoms with Crippen LogP contribution in [0.25, 0.3) is 0 Å². The molecule has 2 aromatic rings. The van der Waals surface area contributed by atoms with Crippen LogP contribution < -0.4 is 5.32 Å². The van der Waals surface area contributed by atoms with E-state index in [1.807, 2.05) is 17.0 Å². The Hall–Kier alpha value is -1.88. The zero-order chi connectivity index (χ0) is 19.0. The van der Waals surface area contributed by atoms with Gasteiger partial charge in [-0.05, 0) is 61.4 Å². The van der Waals surface area contributed by atoms with Crippen LogP contribution in [0.1, 0.15) is 65.1 Å². The number of hydrogen-bond acceptors (Lipinski definition) is 2. The summed E-state index contributed by atoms with van der Waals surface area (Å²) in [5.74, 6) is -0.242. The summed E-state index contributed by atoms with van der Waals surface area (Å²) in [6.45, 7) is 5.07. The van der Waals surface area contributed by atoms with Crippen molar-refractivity contribution in [2.24, 2.45) is 0 Å². The van der Waals surface area contributed by atoms with E-state index in [2.05, 4.69) is 19.2 Å². The van der Waals surface area contributed by atoms with Gasteiger partial charge in [-0.25, -0.2) is 9.18 Å². The summed E-state index contributed by atoms with van der Waals surface area (Å²) in [6, 6.07) is 6.84. The Bertz CT molecular complexity index is 824. The molecule has 5 heteroatoms. The molecular formula is C22H27FN2OS. The first kappa shape index (κ1) is 18.5. The molecule has 0 radical (unpaired) electrons. The lowest BCUT2D eigenvalue weighted by Gasteiger charge is -2.37. The lowest BCUT2D eigenvalue weighted by Crippen LogP contribution is -2.48. The second-order valence-electron chi connectivity index (χ2n) is 7.66. The van der Waals surface area contributed by atoms with Crippen LogP contribution in [0, 0.1) is 12.7 Å². The molecule has 2 aliphatic rings. The van der Waals surface area contributed by atoms with Crippen LogP contribution in [0.2, 0.25) is 0 Å². The third-order valence-corrected chi connectivity index (χ3v) is 7.24. The van der Waals surface area contributed by atoms with Crippen molar-refractivity contribution in [1.29, 1.82) is 0 Å². The van der Waals surface area contributed by atoms with Crippen molar-refractivity contribution in [3.8, 4) is 0 Å². The molecule has 0 spiro atoms. The number of benzene rings is 1. The minimum Gasteiger partial charge on any atom is -0.335 e. The van der Waals surface area contributed by atoms with Gasteiger partial charge in [-0.2, -0.15) is 0 Å². The molecule has 3 nitrogen and oxygen atoms in total. The van der Waals surface area contributed by atoms with Crippen LogP contribution in [0.3, 0.4) is 0 Å². The predicted molar refractivity (Wildman–Crippen MR) is 108 cm³/mol. The second kappa shape index (κ2) is 7.63. The van der Waals surface area contributed by atoms with E-state index in [4.69, 9.17) is 0 Å². The molecule has 1 aliphatic heterocycles. The lowest BCUT2D eigenvalue weighted by atomic mass is 9.92. The van der Waals surface area contributed by atoms with E-state index in [-0.39, 0.29) is 17.9 Å². The van der Waals surface area contributed by atoms with Crippen molar-refractivity contribution in [1.82, 2.24) is 10.2 Å². The number of fused-ring (bicyclic) bond motifs is 1. The van der Waals surface area contributed by atoms with E-state index in [0.29, 0.717) is 12.6 Å². The molecule has 2 amide bonds. The van der Waals surface area contributed by atoms with Gasteiger partial charge < -0.3 is 10.2 Å². The van der Waals surface area contributed by atoms with Gasteiger partial charge in [0.15, 0.2) is 0 Å². The number of nitrogens with zero attached hydrogens (tertiary/aromatic N) is 1. The summed E-state index contributed by atoms with van der Waals surface area (Å²) in [5, 5.41) is 3.24. The first-order chi connectivity index (χ1) is 13.1. The van der Waals surface area contributed by atoms with Gasteiger partial charge in [0.2, 0.25) is 0 Å². The zero-order valence-corrected chi connectivity index (χ0v) is 16.9. The lowest BCUT2D eigenvalue weighted by molar-refractivity contribution is 0.177. The van der Waals surface area contributed by atoms with Crippen LogP contribution in [0.4, 0.5) is 9.18 Å². The Morgan fingerprint density at radius 3 is 2.63 bits per heavy atom.